The van der Waals surface area contributed by atoms with Gasteiger partial charge in [0, 0.05) is 34.6 Å². The van der Waals surface area contributed by atoms with Crippen molar-refractivity contribution in [3.63, 3.8) is 0 Å². The number of anilines is 2. The summed E-state index contributed by atoms with van der Waals surface area (Å²) >= 11 is 0. The highest BCUT2D eigenvalue weighted by Gasteiger charge is 2.40. The van der Waals surface area contributed by atoms with Gasteiger partial charge >= 0.3 is 0 Å². The number of nitrogens with zero attached hydrogens (tertiary/aromatic N) is 2. The molecule has 2 aliphatic heterocycles. The Kier molecular flexibility index (Phi) is 5.07. The fraction of sp³-hybridized carbons (Fsp3) is 0.222. The molecule has 2 heteroatoms. The first-order valence-electron chi connectivity index (χ1n) is 14.1. The molecule has 38 heavy (non-hydrogen) atoms. The van der Waals surface area contributed by atoms with Crippen molar-refractivity contribution in [2.24, 2.45) is 11.8 Å². The maximum absolute atomic E-state index is 2.54. The van der Waals surface area contributed by atoms with Crippen molar-refractivity contribution in [1.82, 2.24) is 0 Å². The van der Waals surface area contributed by atoms with Gasteiger partial charge in [-0.25, -0.2) is 0 Å². The van der Waals surface area contributed by atoms with Crippen LogP contribution in [0.15, 0.2) is 144 Å². The van der Waals surface area contributed by atoms with Gasteiger partial charge in [0.1, 0.15) is 0 Å². The standard InChI is InChI=1S/C36H32N2/c1-5-13-33-29(9-1)30-10-2-6-14-34(30)37(33)27-21-17-25(18-22-27)26-19-23-28(24-20-26)38-35-15-7-3-11-31(35)32-12-4-8-16-36(32)38/h1,3,5-9,11,13-24,29,31,33,35H,2,4,10,12H2/t29-,31?,33?,35?/m0/s1. The number of benzene rings is 2. The van der Waals surface area contributed by atoms with Gasteiger partial charge < -0.3 is 9.80 Å². The minimum Gasteiger partial charge on any atom is -0.334 e. The van der Waals surface area contributed by atoms with Gasteiger partial charge in [-0.3, -0.25) is 0 Å². The Morgan fingerprint density at radius 1 is 0.500 bits per heavy atom. The maximum atomic E-state index is 2.54. The van der Waals surface area contributed by atoms with E-state index in [2.05, 4.69) is 131 Å². The third-order valence-electron chi connectivity index (χ3n) is 9.13. The van der Waals surface area contributed by atoms with Crippen LogP contribution in [0.25, 0.3) is 11.1 Å². The summed E-state index contributed by atoms with van der Waals surface area (Å²) in [5, 5.41) is 0. The van der Waals surface area contributed by atoms with Crippen molar-refractivity contribution < 1.29 is 0 Å². The van der Waals surface area contributed by atoms with E-state index in [-0.39, 0.29) is 0 Å². The normalized spacial score (nSPS) is 28.2. The van der Waals surface area contributed by atoms with Crippen LogP contribution in [0.5, 0.6) is 0 Å². The Labute approximate surface area is 225 Å². The lowest BCUT2D eigenvalue weighted by Crippen LogP contribution is -2.32. The fourth-order valence-corrected chi connectivity index (χ4v) is 7.38. The SMILES string of the molecule is C1=CC2C3=C(C=CCC3)N(c3ccc(-c4ccc(N5C6=C(CCC=C6)[C@@H]6C=CC=CC65)cc4)cc3)C2C=C1. The molecule has 2 aromatic carbocycles. The van der Waals surface area contributed by atoms with E-state index in [4.69, 9.17) is 0 Å². The van der Waals surface area contributed by atoms with E-state index in [1.54, 1.807) is 11.1 Å². The van der Waals surface area contributed by atoms with Crippen LogP contribution in [0.3, 0.4) is 0 Å². The predicted octanol–water partition coefficient (Wildman–Crippen LogP) is 8.42. The first kappa shape index (κ1) is 22.0. The lowest BCUT2D eigenvalue weighted by molar-refractivity contribution is 0.658. The van der Waals surface area contributed by atoms with Crippen molar-refractivity contribution >= 4 is 11.4 Å². The number of fused-ring (bicyclic) bond motifs is 4. The van der Waals surface area contributed by atoms with Crippen molar-refractivity contribution in [1.29, 1.82) is 0 Å². The molecule has 0 amide bonds. The zero-order valence-electron chi connectivity index (χ0n) is 21.6. The molecular formula is C36H32N2. The van der Waals surface area contributed by atoms with Crippen molar-refractivity contribution in [2.45, 2.75) is 37.8 Å². The topological polar surface area (TPSA) is 6.48 Å². The molecule has 0 aromatic heterocycles. The quantitative estimate of drug-likeness (QED) is 0.424. The lowest BCUT2D eigenvalue weighted by Gasteiger charge is -2.30. The summed E-state index contributed by atoms with van der Waals surface area (Å²) in [4.78, 5) is 5.09. The highest BCUT2D eigenvalue weighted by atomic mass is 15.2. The molecular weight excluding hydrogens is 460 g/mol. The van der Waals surface area contributed by atoms with E-state index in [9.17, 15) is 0 Å². The lowest BCUT2D eigenvalue weighted by atomic mass is 9.87. The molecule has 0 saturated carbocycles. The highest BCUT2D eigenvalue weighted by molar-refractivity contribution is 5.73. The molecule has 2 nitrogen and oxygen atoms in total. The molecule has 0 radical (unpaired) electrons. The summed E-state index contributed by atoms with van der Waals surface area (Å²) in [6, 6.07) is 19.2. The summed E-state index contributed by atoms with van der Waals surface area (Å²) in [7, 11) is 0. The van der Waals surface area contributed by atoms with Crippen LogP contribution in [0.1, 0.15) is 25.7 Å². The molecule has 186 valence electrons. The monoisotopic (exact) mass is 492 g/mol. The van der Waals surface area contributed by atoms with Crippen molar-refractivity contribution in [3.8, 4) is 11.1 Å². The average Bonchev–Trinajstić information content (AvgIpc) is 3.51. The van der Waals surface area contributed by atoms with E-state index < -0.39 is 0 Å². The van der Waals surface area contributed by atoms with Gasteiger partial charge in [-0.05, 0) is 84.4 Å². The van der Waals surface area contributed by atoms with Gasteiger partial charge in [-0.1, -0.05) is 85.0 Å². The molecule has 3 unspecified atom stereocenters. The van der Waals surface area contributed by atoms with Gasteiger partial charge in [0.15, 0.2) is 0 Å². The average molecular weight is 493 g/mol. The first-order chi connectivity index (χ1) is 18.9. The zero-order valence-corrected chi connectivity index (χ0v) is 21.6. The molecule has 0 spiro atoms. The zero-order chi connectivity index (χ0) is 25.1. The summed E-state index contributed by atoms with van der Waals surface area (Å²) in [6.45, 7) is 0. The van der Waals surface area contributed by atoms with Crippen LogP contribution in [-0.2, 0) is 0 Å². The fourth-order valence-electron chi connectivity index (χ4n) is 7.38. The van der Waals surface area contributed by atoms with Gasteiger partial charge in [0.25, 0.3) is 0 Å². The van der Waals surface area contributed by atoms with Crippen LogP contribution in [-0.4, -0.2) is 12.1 Å². The van der Waals surface area contributed by atoms with Crippen molar-refractivity contribution in [3.05, 3.63) is 144 Å². The van der Waals surface area contributed by atoms with E-state index in [1.807, 2.05) is 0 Å². The number of rotatable bonds is 3. The van der Waals surface area contributed by atoms with Gasteiger partial charge in [0.2, 0.25) is 0 Å². The van der Waals surface area contributed by atoms with E-state index >= 15 is 0 Å². The second-order valence-corrected chi connectivity index (χ2v) is 11.1. The largest absolute Gasteiger partial charge is 0.334 e. The van der Waals surface area contributed by atoms with Gasteiger partial charge in [0.05, 0.1) is 12.1 Å². The Morgan fingerprint density at radius 3 is 1.37 bits per heavy atom. The molecule has 0 fully saturated rings. The second kappa shape index (κ2) is 8.77. The Bertz CT molecular complexity index is 1400. The predicted molar refractivity (Wildman–Crippen MR) is 159 cm³/mol. The summed E-state index contributed by atoms with van der Waals surface area (Å²) < 4.78 is 0. The maximum Gasteiger partial charge on any atom is 0.0626 e. The number of allylic oxidation sites excluding steroid dienone is 8. The third-order valence-corrected chi connectivity index (χ3v) is 9.13. The van der Waals surface area contributed by atoms with Crippen LogP contribution >= 0.6 is 0 Å². The molecule has 0 N–H and O–H groups in total. The minimum atomic E-state index is 0.388. The Balaban J connectivity index is 1.08. The van der Waals surface area contributed by atoms with Crippen molar-refractivity contribution in [2.75, 3.05) is 9.80 Å². The number of hydrogen-bond donors (Lipinski definition) is 0. The van der Waals surface area contributed by atoms with E-state index in [0.29, 0.717) is 23.9 Å². The minimum absolute atomic E-state index is 0.388. The third kappa shape index (κ3) is 3.33. The summed E-state index contributed by atoms with van der Waals surface area (Å²) in [6.07, 6.45) is 32.3. The van der Waals surface area contributed by atoms with Crippen LogP contribution in [0, 0.1) is 11.8 Å². The Hall–Kier alpha value is -4.04. The molecule has 2 heterocycles. The second-order valence-electron chi connectivity index (χ2n) is 11.1. The Morgan fingerprint density at radius 2 is 0.921 bits per heavy atom. The molecule has 4 aliphatic carbocycles. The molecule has 4 atom stereocenters. The number of hydrogen-bond acceptors (Lipinski definition) is 2. The van der Waals surface area contributed by atoms with Gasteiger partial charge in [-0.15, -0.1) is 0 Å². The summed E-state index contributed by atoms with van der Waals surface area (Å²) in [5.74, 6) is 1.00. The molecule has 6 aliphatic rings. The smallest absolute Gasteiger partial charge is 0.0626 e. The van der Waals surface area contributed by atoms with Gasteiger partial charge in [-0.2, -0.15) is 0 Å². The molecule has 0 saturated heterocycles. The van der Waals surface area contributed by atoms with Crippen LogP contribution in [0.2, 0.25) is 0 Å². The first-order valence-corrected chi connectivity index (χ1v) is 14.1. The van der Waals surface area contributed by atoms with E-state index in [0.717, 1.165) is 12.8 Å². The highest BCUT2D eigenvalue weighted by Crippen LogP contribution is 2.46. The summed E-state index contributed by atoms with van der Waals surface area (Å²) in [5.41, 5.74) is 11.1. The molecule has 0 bridgehead atoms. The van der Waals surface area contributed by atoms with Crippen LogP contribution < -0.4 is 9.80 Å². The van der Waals surface area contributed by atoms with E-state index in [1.165, 1.54) is 46.7 Å². The molecule has 2 aromatic rings. The van der Waals surface area contributed by atoms with Crippen LogP contribution in [0.4, 0.5) is 11.4 Å². The molecule has 8 rings (SSSR count).